The van der Waals surface area contributed by atoms with Crippen LogP contribution in [0.2, 0.25) is 0 Å². The molecule has 0 unspecified atom stereocenters. The summed E-state index contributed by atoms with van der Waals surface area (Å²) in [6.07, 6.45) is 7.62. The SMILES string of the molecule is O=C1NCN(c2ccccc2)C12CCN(c1cc3c(cc1Nc1ccccc1)[nH]c(=O)n3CC1CCCCC1)CC2. The van der Waals surface area contributed by atoms with Crippen molar-refractivity contribution in [3.05, 3.63) is 83.3 Å². The predicted molar refractivity (Wildman–Crippen MR) is 165 cm³/mol. The van der Waals surface area contributed by atoms with Crippen LogP contribution >= 0.6 is 0 Å². The summed E-state index contributed by atoms with van der Waals surface area (Å²) in [6, 6.07) is 24.7. The average molecular weight is 551 g/mol. The van der Waals surface area contributed by atoms with Crippen molar-refractivity contribution in [2.45, 2.75) is 57.0 Å². The van der Waals surface area contributed by atoms with Gasteiger partial charge in [-0.25, -0.2) is 4.79 Å². The lowest BCUT2D eigenvalue weighted by molar-refractivity contribution is -0.124. The number of hydrogen-bond acceptors (Lipinski definition) is 5. The molecule has 0 bridgehead atoms. The molecule has 1 amide bonds. The van der Waals surface area contributed by atoms with Gasteiger partial charge in [0.15, 0.2) is 0 Å². The maximum absolute atomic E-state index is 13.3. The maximum atomic E-state index is 13.3. The molecule has 8 heteroatoms. The molecule has 2 saturated heterocycles. The van der Waals surface area contributed by atoms with Gasteiger partial charge in [0.1, 0.15) is 5.54 Å². The van der Waals surface area contributed by atoms with Crippen LogP contribution in [0, 0.1) is 5.92 Å². The number of hydrogen-bond donors (Lipinski definition) is 3. The van der Waals surface area contributed by atoms with Gasteiger partial charge in [0, 0.05) is 31.0 Å². The van der Waals surface area contributed by atoms with E-state index in [1.54, 1.807) is 0 Å². The molecule has 1 aromatic heterocycles. The number of aromatic nitrogens is 2. The summed E-state index contributed by atoms with van der Waals surface area (Å²) in [5.41, 5.74) is 5.32. The van der Waals surface area contributed by atoms with E-state index in [1.807, 2.05) is 41.0 Å². The van der Waals surface area contributed by atoms with Gasteiger partial charge in [-0.3, -0.25) is 9.36 Å². The van der Waals surface area contributed by atoms with E-state index in [4.69, 9.17) is 0 Å². The van der Waals surface area contributed by atoms with Crippen LogP contribution in [0.15, 0.2) is 77.6 Å². The lowest BCUT2D eigenvalue weighted by Gasteiger charge is -2.44. The molecule has 3 fully saturated rings. The average Bonchev–Trinajstić information content (AvgIpc) is 3.49. The highest BCUT2D eigenvalue weighted by Crippen LogP contribution is 2.40. The number of benzene rings is 3. The minimum atomic E-state index is -0.549. The third kappa shape index (κ3) is 4.75. The Hall–Kier alpha value is -4.20. The standard InChI is InChI=1S/C33H38N6O2/c40-31-33(39(23-34-31)26-14-8-3-9-15-26)16-18-37(19-17-33)29-21-30-28(20-27(29)35-25-12-6-2-7-13-25)36-32(41)38(30)22-24-10-4-1-5-11-24/h2-3,6-9,12-15,20-21,24,35H,1,4-5,10-11,16-19,22-23H2,(H,34,40)(H,36,41). The first-order valence-corrected chi connectivity index (χ1v) is 15.1. The topological polar surface area (TPSA) is 85.4 Å². The Morgan fingerprint density at radius 3 is 2.32 bits per heavy atom. The Morgan fingerprint density at radius 2 is 1.59 bits per heavy atom. The molecule has 4 aromatic rings. The van der Waals surface area contributed by atoms with Crippen molar-refractivity contribution >= 4 is 39.7 Å². The quantitative estimate of drug-likeness (QED) is 0.292. The Morgan fingerprint density at radius 1 is 0.878 bits per heavy atom. The molecule has 1 aliphatic carbocycles. The van der Waals surface area contributed by atoms with E-state index in [-0.39, 0.29) is 11.6 Å². The number of anilines is 4. The second-order valence-corrected chi connectivity index (χ2v) is 11.9. The van der Waals surface area contributed by atoms with Crippen LogP contribution in [0.3, 0.4) is 0 Å². The molecule has 7 rings (SSSR count). The fourth-order valence-corrected chi connectivity index (χ4v) is 7.19. The number of carbonyl (C=O) groups is 1. The second kappa shape index (κ2) is 10.7. The number of para-hydroxylation sites is 2. The normalized spacial score (nSPS) is 19.2. The van der Waals surface area contributed by atoms with Crippen molar-refractivity contribution in [2.24, 2.45) is 5.92 Å². The first-order valence-electron chi connectivity index (χ1n) is 15.1. The van der Waals surface area contributed by atoms with Gasteiger partial charge in [-0.1, -0.05) is 55.7 Å². The van der Waals surface area contributed by atoms with Crippen LogP contribution in [0.4, 0.5) is 22.7 Å². The molecule has 41 heavy (non-hydrogen) atoms. The summed E-state index contributed by atoms with van der Waals surface area (Å²) in [4.78, 5) is 34.2. The van der Waals surface area contributed by atoms with Crippen LogP contribution in [0.1, 0.15) is 44.9 Å². The molecular formula is C33H38N6O2. The Kier molecular flexibility index (Phi) is 6.69. The number of piperidine rings is 1. The molecule has 1 spiro atoms. The van der Waals surface area contributed by atoms with E-state index in [0.717, 1.165) is 66.3 Å². The van der Waals surface area contributed by atoms with E-state index in [1.165, 1.54) is 32.1 Å². The highest BCUT2D eigenvalue weighted by Gasteiger charge is 2.50. The van der Waals surface area contributed by atoms with Crippen LogP contribution < -0.4 is 26.1 Å². The first-order chi connectivity index (χ1) is 20.1. The monoisotopic (exact) mass is 550 g/mol. The highest BCUT2D eigenvalue weighted by atomic mass is 16.2. The molecule has 2 aliphatic heterocycles. The lowest BCUT2D eigenvalue weighted by Crippen LogP contribution is -2.56. The Labute approximate surface area is 240 Å². The summed E-state index contributed by atoms with van der Waals surface area (Å²) in [5.74, 6) is 0.664. The van der Waals surface area contributed by atoms with Gasteiger partial charge in [-0.2, -0.15) is 0 Å². The summed E-state index contributed by atoms with van der Waals surface area (Å²) in [7, 11) is 0. The van der Waals surface area contributed by atoms with Gasteiger partial charge in [-0.15, -0.1) is 0 Å². The lowest BCUT2D eigenvalue weighted by atomic mass is 9.85. The molecule has 8 nitrogen and oxygen atoms in total. The largest absolute Gasteiger partial charge is 0.370 e. The number of nitrogens with one attached hydrogen (secondary N) is 3. The number of carbonyl (C=O) groups excluding carboxylic acids is 1. The van der Waals surface area contributed by atoms with Gasteiger partial charge in [0.05, 0.1) is 29.1 Å². The summed E-state index contributed by atoms with van der Waals surface area (Å²) in [5, 5.41) is 6.73. The smallest absolute Gasteiger partial charge is 0.326 e. The molecule has 0 radical (unpaired) electrons. The molecular weight excluding hydrogens is 512 g/mol. The van der Waals surface area contributed by atoms with Crippen molar-refractivity contribution in [2.75, 3.05) is 34.9 Å². The zero-order chi connectivity index (χ0) is 27.8. The minimum Gasteiger partial charge on any atom is -0.370 e. The van der Waals surface area contributed by atoms with Gasteiger partial charge in [0.2, 0.25) is 5.91 Å². The van der Waals surface area contributed by atoms with E-state index in [9.17, 15) is 9.59 Å². The predicted octanol–water partition coefficient (Wildman–Crippen LogP) is 5.59. The van der Waals surface area contributed by atoms with Crippen LogP contribution in [-0.4, -0.2) is 40.8 Å². The third-order valence-electron chi connectivity index (χ3n) is 9.45. The van der Waals surface area contributed by atoms with Gasteiger partial charge < -0.3 is 25.4 Å². The third-order valence-corrected chi connectivity index (χ3v) is 9.45. The number of H-pyrrole nitrogens is 1. The molecule has 3 aliphatic rings. The van der Waals surface area contributed by atoms with E-state index >= 15 is 0 Å². The minimum absolute atomic E-state index is 0.0351. The van der Waals surface area contributed by atoms with Crippen molar-refractivity contribution in [3.63, 3.8) is 0 Å². The van der Waals surface area contributed by atoms with Crippen LogP contribution in [0.25, 0.3) is 11.0 Å². The fraction of sp³-hybridized carbons (Fsp3) is 0.394. The van der Waals surface area contributed by atoms with E-state index < -0.39 is 5.54 Å². The zero-order valence-electron chi connectivity index (χ0n) is 23.4. The number of imidazole rings is 1. The first kappa shape index (κ1) is 25.7. The number of amides is 1. The zero-order valence-corrected chi connectivity index (χ0v) is 23.4. The highest BCUT2D eigenvalue weighted by molar-refractivity contribution is 5.94. The molecule has 3 N–H and O–H groups in total. The van der Waals surface area contributed by atoms with E-state index in [2.05, 4.69) is 61.8 Å². The van der Waals surface area contributed by atoms with E-state index in [0.29, 0.717) is 12.6 Å². The molecule has 3 aromatic carbocycles. The second-order valence-electron chi connectivity index (χ2n) is 11.9. The molecule has 0 atom stereocenters. The molecule has 212 valence electrons. The van der Waals surface area contributed by atoms with Crippen LogP contribution in [0.5, 0.6) is 0 Å². The van der Waals surface area contributed by atoms with Crippen molar-refractivity contribution in [3.8, 4) is 0 Å². The summed E-state index contributed by atoms with van der Waals surface area (Å²) >= 11 is 0. The molecule has 1 saturated carbocycles. The summed E-state index contributed by atoms with van der Waals surface area (Å²) in [6.45, 7) is 2.78. The van der Waals surface area contributed by atoms with Gasteiger partial charge in [-0.05, 0) is 68.0 Å². The fourth-order valence-electron chi connectivity index (χ4n) is 7.19. The maximum Gasteiger partial charge on any atom is 0.326 e. The Bertz CT molecular complexity index is 1580. The van der Waals surface area contributed by atoms with Crippen LogP contribution in [-0.2, 0) is 11.3 Å². The number of nitrogens with zero attached hydrogens (tertiary/aromatic N) is 3. The van der Waals surface area contributed by atoms with Gasteiger partial charge >= 0.3 is 5.69 Å². The van der Waals surface area contributed by atoms with Crippen molar-refractivity contribution in [1.82, 2.24) is 14.9 Å². The molecule has 3 heterocycles. The Balaban J connectivity index is 1.23. The van der Waals surface area contributed by atoms with Gasteiger partial charge in [0.25, 0.3) is 0 Å². The van der Waals surface area contributed by atoms with Crippen molar-refractivity contribution < 1.29 is 4.79 Å². The number of fused-ring (bicyclic) bond motifs is 1. The number of aromatic amines is 1. The summed E-state index contributed by atoms with van der Waals surface area (Å²) < 4.78 is 1.95. The number of rotatable bonds is 6. The van der Waals surface area contributed by atoms with Crippen molar-refractivity contribution in [1.29, 1.82) is 0 Å².